The van der Waals surface area contributed by atoms with Crippen molar-refractivity contribution in [3.63, 3.8) is 0 Å². The van der Waals surface area contributed by atoms with Crippen LogP contribution in [0.2, 0.25) is 0 Å². The van der Waals surface area contributed by atoms with E-state index in [0.29, 0.717) is 11.8 Å². The van der Waals surface area contributed by atoms with Gasteiger partial charge in [-0.25, -0.2) is 9.98 Å². The molecule has 0 radical (unpaired) electrons. The molecule has 1 saturated carbocycles. The smallest absolute Gasteiger partial charge is 0.176 e. The molecule has 21 heavy (non-hydrogen) atoms. The predicted octanol–water partition coefficient (Wildman–Crippen LogP) is 2.76. The summed E-state index contributed by atoms with van der Waals surface area (Å²) in [4.78, 5) is 9.60. The van der Waals surface area contributed by atoms with Crippen LogP contribution in [0.4, 0.5) is 0 Å². The molecule has 4 nitrogen and oxygen atoms in total. The van der Waals surface area contributed by atoms with Gasteiger partial charge in [-0.3, -0.25) is 5.32 Å². The third-order valence-electron chi connectivity index (χ3n) is 4.52. The van der Waals surface area contributed by atoms with E-state index >= 15 is 0 Å². The number of aliphatic imine (C=N–C) groups is 2. The largest absolute Gasteiger partial charge is 0.336 e. The van der Waals surface area contributed by atoms with E-state index in [1.54, 1.807) is 0 Å². The third-order valence-corrected chi connectivity index (χ3v) is 4.52. The molecule has 0 spiro atoms. The Labute approximate surface area is 126 Å². The molecule has 3 atom stereocenters. The number of nitrogens with one attached hydrogen (secondary N) is 2. The van der Waals surface area contributed by atoms with E-state index < -0.39 is 0 Å². The molecule has 2 aliphatic rings. The first-order valence-electron chi connectivity index (χ1n) is 7.93. The van der Waals surface area contributed by atoms with E-state index in [-0.39, 0.29) is 6.29 Å². The number of rotatable bonds is 3. The summed E-state index contributed by atoms with van der Waals surface area (Å²) < 4.78 is 0. The highest BCUT2D eigenvalue weighted by molar-refractivity contribution is 6.08. The Hall–Kier alpha value is -1.68. The fraction of sp³-hybridized carbons (Fsp3) is 0.529. The highest BCUT2D eigenvalue weighted by Gasteiger charge is 2.29. The molecule has 2 N–H and O–H groups in total. The van der Waals surface area contributed by atoms with Gasteiger partial charge in [-0.1, -0.05) is 56.5 Å². The SMILES string of the molecule is CNC1N=C(C2CCCCC2C)N=C(c2ccccc2)N1. The van der Waals surface area contributed by atoms with Gasteiger partial charge in [-0.15, -0.1) is 0 Å². The summed E-state index contributed by atoms with van der Waals surface area (Å²) in [6, 6.07) is 10.3. The number of hydrogen-bond donors (Lipinski definition) is 2. The normalized spacial score (nSPS) is 29.3. The maximum atomic E-state index is 4.84. The number of nitrogens with zero attached hydrogens (tertiary/aromatic N) is 2. The molecule has 3 rings (SSSR count). The average Bonchev–Trinajstić information content (AvgIpc) is 2.55. The molecule has 0 amide bonds. The Balaban J connectivity index is 1.90. The van der Waals surface area contributed by atoms with Crippen LogP contribution >= 0.6 is 0 Å². The van der Waals surface area contributed by atoms with Crippen LogP contribution in [0.5, 0.6) is 0 Å². The highest BCUT2D eigenvalue weighted by atomic mass is 15.3. The molecule has 1 aromatic carbocycles. The quantitative estimate of drug-likeness (QED) is 0.896. The highest BCUT2D eigenvalue weighted by Crippen LogP contribution is 2.31. The Morgan fingerprint density at radius 2 is 1.90 bits per heavy atom. The van der Waals surface area contributed by atoms with Gasteiger partial charge in [0.05, 0.1) is 0 Å². The molecule has 112 valence electrons. The summed E-state index contributed by atoms with van der Waals surface area (Å²) in [6.45, 7) is 2.33. The lowest BCUT2D eigenvalue weighted by Crippen LogP contribution is -2.47. The van der Waals surface area contributed by atoms with E-state index in [4.69, 9.17) is 9.98 Å². The van der Waals surface area contributed by atoms with E-state index in [1.165, 1.54) is 25.7 Å². The van der Waals surface area contributed by atoms with Crippen LogP contribution < -0.4 is 10.6 Å². The van der Waals surface area contributed by atoms with Gasteiger partial charge in [0.15, 0.2) is 6.29 Å². The van der Waals surface area contributed by atoms with E-state index in [2.05, 4.69) is 29.7 Å². The molecule has 1 aromatic rings. The Kier molecular flexibility index (Phi) is 4.34. The van der Waals surface area contributed by atoms with Crippen molar-refractivity contribution in [2.45, 2.75) is 38.9 Å². The molecular weight excluding hydrogens is 260 g/mol. The second-order valence-electron chi connectivity index (χ2n) is 6.02. The summed E-state index contributed by atoms with van der Waals surface area (Å²) in [5.74, 6) is 3.11. The minimum absolute atomic E-state index is 0.0816. The van der Waals surface area contributed by atoms with Gasteiger partial charge in [0, 0.05) is 11.5 Å². The van der Waals surface area contributed by atoms with Gasteiger partial charge in [0.1, 0.15) is 11.7 Å². The van der Waals surface area contributed by atoms with Crippen molar-refractivity contribution in [3.05, 3.63) is 35.9 Å². The minimum atomic E-state index is -0.0816. The fourth-order valence-electron chi connectivity index (χ4n) is 3.23. The van der Waals surface area contributed by atoms with Crippen LogP contribution in [-0.4, -0.2) is 25.0 Å². The van der Waals surface area contributed by atoms with Crippen LogP contribution in [0.3, 0.4) is 0 Å². The molecule has 1 heterocycles. The monoisotopic (exact) mass is 284 g/mol. The lowest BCUT2D eigenvalue weighted by molar-refractivity contribution is 0.320. The summed E-state index contributed by atoms with van der Waals surface area (Å²) >= 11 is 0. The maximum Gasteiger partial charge on any atom is 0.176 e. The lowest BCUT2D eigenvalue weighted by Gasteiger charge is -2.31. The first kappa shape index (κ1) is 14.3. The Bertz CT molecular complexity index is 535. The van der Waals surface area contributed by atoms with Crippen molar-refractivity contribution >= 4 is 11.7 Å². The molecule has 1 fully saturated rings. The molecule has 1 aliphatic carbocycles. The van der Waals surface area contributed by atoms with Gasteiger partial charge in [0.2, 0.25) is 0 Å². The molecule has 4 heteroatoms. The number of hydrogen-bond acceptors (Lipinski definition) is 4. The van der Waals surface area contributed by atoms with Crippen molar-refractivity contribution in [3.8, 4) is 0 Å². The van der Waals surface area contributed by atoms with Gasteiger partial charge in [-0.05, 0) is 19.4 Å². The van der Waals surface area contributed by atoms with Crippen LogP contribution in [-0.2, 0) is 0 Å². The Morgan fingerprint density at radius 1 is 1.14 bits per heavy atom. The first-order valence-corrected chi connectivity index (χ1v) is 7.93. The van der Waals surface area contributed by atoms with E-state index in [1.807, 2.05) is 25.2 Å². The van der Waals surface area contributed by atoms with E-state index in [0.717, 1.165) is 17.2 Å². The summed E-state index contributed by atoms with van der Waals surface area (Å²) in [6.07, 6.45) is 5.05. The molecule has 0 bridgehead atoms. The van der Waals surface area contributed by atoms with Gasteiger partial charge in [0.25, 0.3) is 0 Å². The Morgan fingerprint density at radius 3 is 2.62 bits per heavy atom. The molecule has 1 aliphatic heterocycles. The van der Waals surface area contributed by atoms with Crippen molar-refractivity contribution in [1.29, 1.82) is 0 Å². The number of benzene rings is 1. The fourth-order valence-corrected chi connectivity index (χ4v) is 3.23. The predicted molar refractivity (Wildman–Crippen MR) is 87.5 cm³/mol. The lowest BCUT2D eigenvalue weighted by atomic mass is 9.79. The second-order valence-corrected chi connectivity index (χ2v) is 6.02. The standard InChI is InChI=1S/C17H24N4/c1-12-8-6-7-11-14(12)16-19-15(20-17(18-2)21-16)13-9-4-3-5-10-13/h3-5,9-10,12,14,17-18H,6-8,11H2,1-2H3,(H,19,20,21). The average molecular weight is 284 g/mol. The topological polar surface area (TPSA) is 48.8 Å². The molecule has 3 unspecified atom stereocenters. The zero-order chi connectivity index (χ0) is 14.7. The first-order chi connectivity index (χ1) is 10.3. The minimum Gasteiger partial charge on any atom is -0.336 e. The van der Waals surface area contributed by atoms with E-state index in [9.17, 15) is 0 Å². The van der Waals surface area contributed by atoms with Crippen LogP contribution in [0.25, 0.3) is 0 Å². The summed E-state index contributed by atoms with van der Waals surface area (Å²) in [5.41, 5.74) is 1.12. The van der Waals surface area contributed by atoms with Crippen molar-refractivity contribution in [2.24, 2.45) is 21.8 Å². The zero-order valence-electron chi connectivity index (χ0n) is 12.8. The number of amidine groups is 2. The second kappa shape index (κ2) is 6.39. The van der Waals surface area contributed by atoms with Crippen molar-refractivity contribution in [2.75, 3.05) is 7.05 Å². The molecule has 0 aromatic heterocycles. The van der Waals surface area contributed by atoms with Crippen molar-refractivity contribution < 1.29 is 0 Å². The summed E-state index contributed by atoms with van der Waals surface area (Å²) in [7, 11) is 1.93. The van der Waals surface area contributed by atoms with Gasteiger partial charge < -0.3 is 5.32 Å². The molecular formula is C17H24N4. The maximum absolute atomic E-state index is 4.84. The van der Waals surface area contributed by atoms with Gasteiger partial charge >= 0.3 is 0 Å². The van der Waals surface area contributed by atoms with Gasteiger partial charge in [-0.2, -0.15) is 0 Å². The van der Waals surface area contributed by atoms with Crippen LogP contribution in [0, 0.1) is 11.8 Å². The third kappa shape index (κ3) is 3.16. The summed E-state index contributed by atoms with van der Waals surface area (Å²) in [5, 5.41) is 6.56. The zero-order valence-corrected chi connectivity index (χ0v) is 12.8. The van der Waals surface area contributed by atoms with Crippen molar-refractivity contribution in [1.82, 2.24) is 10.6 Å². The van der Waals surface area contributed by atoms with Crippen LogP contribution in [0.15, 0.2) is 40.3 Å². The molecule has 0 saturated heterocycles. The van der Waals surface area contributed by atoms with Crippen LogP contribution in [0.1, 0.15) is 38.2 Å².